The maximum absolute atomic E-state index is 12.5. The van der Waals surface area contributed by atoms with Gasteiger partial charge in [-0.05, 0) is 12.5 Å². The minimum absolute atomic E-state index is 0.325. The number of thioether (sulfide) groups is 1. The molecule has 1 amide bonds. The second-order valence-electron chi connectivity index (χ2n) is 4.48. The van der Waals surface area contributed by atoms with Gasteiger partial charge in [0, 0.05) is 5.57 Å². The molecule has 2 unspecified atom stereocenters. The summed E-state index contributed by atoms with van der Waals surface area (Å²) in [5, 5.41) is 9.10. The standard InChI is InChI=1S/C15H15NO3S2/c1-3-11(10-7-5-4-6-8-10)12-13(17)16(15(20)21-12)9(2)14(18)19/h3-9,15,20H,1H2,2H3,(H,18,19)/b12-11-. The highest BCUT2D eigenvalue weighted by atomic mass is 32.2. The Morgan fingerprint density at radius 2 is 2.10 bits per heavy atom. The average Bonchev–Trinajstić information content (AvgIpc) is 2.75. The summed E-state index contributed by atoms with van der Waals surface area (Å²) in [5.41, 5.74) is 1.57. The molecule has 4 nitrogen and oxygen atoms in total. The molecule has 1 fully saturated rings. The predicted molar refractivity (Wildman–Crippen MR) is 87.9 cm³/mol. The van der Waals surface area contributed by atoms with Crippen molar-refractivity contribution in [3.8, 4) is 0 Å². The molecule has 2 rings (SSSR count). The van der Waals surface area contributed by atoms with Gasteiger partial charge in [-0.2, -0.15) is 0 Å². The van der Waals surface area contributed by atoms with Crippen LogP contribution in [0.5, 0.6) is 0 Å². The lowest BCUT2D eigenvalue weighted by atomic mass is 10.1. The van der Waals surface area contributed by atoms with Crippen molar-refractivity contribution >= 4 is 41.8 Å². The Bertz CT molecular complexity index is 613. The van der Waals surface area contributed by atoms with E-state index in [2.05, 4.69) is 19.2 Å². The quantitative estimate of drug-likeness (QED) is 0.661. The van der Waals surface area contributed by atoms with Gasteiger partial charge in [-0.1, -0.05) is 54.7 Å². The Morgan fingerprint density at radius 3 is 2.62 bits per heavy atom. The Hall–Kier alpha value is -1.66. The number of hydrogen-bond donors (Lipinski definition) is 2. The summed E-state index contributed by atoms with van der Waals surface area (Å²) in [6.45, 7) is 5.24. The summed E-state index contributed by atoms with van der Waals surface area (Å²) in [5.74, 6) is -1.38. The van der Waals surface area contributed by atoms with Crippen LogP contribution in [0.15, 0.2) is 47.9 Å². The number of aliphatic carboxylic acids is 1. The molecule has 1 N–H and O–H groups in total. The second kappa shape index (κ2) is 6.41. The van der Waals surface area contributed by atoms with Crippen LogP contribution in [0, 0.1) is 0 Å². The van der Waals surface area contributed by atoms with E-state index in [9.17, 15) is 9.59 Å². The molecule has 0 spiro atoms. The van der Waals surface area contributed by atoms with Gasteiger partial charge in [0.2, 0.25) is 0 Å². The van der Waals surface area contributed by atoms with Crippen molar-refractivity contribution < 1.29 is 14.7 Å². The molecule has 2 atom stereocenters. The van der Waals surface area contributed by atoms with E-state index in [1.54, 1.807) is 6.08 Å². The van der Waals surface area contributed by atoms with Crippen LogP contribution in [0.1, 0.15) is 12.5 Å². The maximum Gasteiger partial charge on any atom is 0.326 e. The summed E-state index contributed by atoms with van der Waals surface area (Å²) in [4.78, 5) is 25.4. The van der Waals surface area contributed by atoms with Crippen LogP contribution in [-0.4, -0.2) is 32.6 Å². The third kappa shape index (κ3) is 3.01. The summed E-state index contributed by atoms with van der Waals surface area (Å²) >= 11 is 5.56. The number of allylic oxidation sites excluding steroid dienone is 2. The van der Waals surface area contributed by atoms with E-state index >= 15 is 0 Å². The van der Waals surface area contributed by atoms with Crippen LogP contribution >= 0.6 is 24.4 Å². The molecule has 0 saturated carbocycles. The number of benzene rings is 1. The van der Waals surface area contributed by atoms with Gasteiger partial charge < -0.3 is 10.0 Å². The third-order valence-electron chi connectivity index (χ3n) is 3.20. The van der Waals surface area contributed by atoms with Crippen molar-refractivity contribution in [2.24, 2.45) is 0 Å². The number of carbonyl (C=O) groups is 2. The first-order valence-corrected chi connectivity index (χ1v) is 7.69. The van der Waals surface area contributed by atoms with Gasteiger partial charge in [0.25, 0.3) is 5.91 Å². The van der Waals surface area contributed by atoms with Gasteiger partial charge in [-0.15, -0.1) is 12.6 Å². The first-order valence-electron chi connectivity index (χ1n) is 6.29. The molecule has 1 aromatic carbocycles. The third-order valence-corrected chi connectivity index (χ3v) is 4.83. The lowest BCUT2D eigenvalue weighted by molar-refractivity contribution is -0.146. The van der Waals surface area contributed by atoms with Crippen molar-refractivity contribution in [3.05, 3.63) is 53.5 Å². The molecular formula is C15H15NO3S2. The molecule has 0 aliphatic carbocycles. The van der Waals surface area contributed by atoms with E-state index < -0.39 is 16.7 Å². The lowest BCUT2D eigenvalue weighted by Crippen LogP contribution is -2.42. The van der Waals surface area contributed by atoms with Gasteiger partial charge in [-0.25, -0.2) is 4.79 Å². The zero-order valence-electron chi connectivity index (χ0n) is 11.4. The van der Waals surface area contributed by atoms with Crippen molar-refractivity contribution in [2.75, 3.05) is 0 Å². The molecule has 0 aromatic heterocycles. The van der Waals surface area contributed by atoms with Gasteiger partial charge in [0.1, 0.15) is 10.7 Å². The summed E-state index contributed by atoms with van der Waals surface area (Å²) in [6, 6.07) is 8.48. The Labute approximate surface area is 132 Å². The highest BCUT2D eigenvalue weighted by Gasteiger charge is 2.40. The van der Waals surface area contributed by atoms with E-state index in [1.807, 2.05) is 30.3 Å². The normalized spacial score (nSPS) is 22.1. The largest absolute Gasteiger partial charge is 0.480 e. The van der Waals surface area contributed by atoms with E-state index in [1.165, 1.54) is 23.6 Å². The molecule has 1 heterocycles. The van der Waals surface area contributed by atoms with Crippen LogP contribution < -0.4 is 0 Å². The molecule has 1 aromatic rings. The molecule has 0 radical (unpaired) electrons. The summed E-state index contributed by atoms with van der Waals surface area (Å²) in [7, 11) is 0. The first kappa shape index (κ1) is 15.7. The minimum atomic E-state index is -1.05. The highest BCUT2D eigenvalue weighted by Crippen LogP contribution is 2.42. The van der Waals surface area contributed by atoms with Gasteiger partial charge in [-0.3, -0.25) is 4.79 Å². The average molecular weight is 321 g/mol. The van der Waals surface area contributed by atoms with Crippen molar-refractivity contribution in [1.82, 2.24) is 4.90 Å². The number of carboxylic acid groups (broad SMARTS) is 1. The van der Waals surface area contributed by atoms with Crippen molar-refractivity contribution in [3.63, 3.8) is 0 Å². The zero-order chi connectivity index (χ0) is 15.6. The van der Waals surface area contributed by atoms with Gasteiger partial charge >= 0.3 is 5.97 Å². The number of carboxylic acids is 1. The van der Waals surface area contributed by atoms with Crippen molar-refractivity contribution in [2.45, 2.75) is 17.7 Å². The van der Waals surface area contributed by atoms with E-state index in [4.69, 9.17) is 5.11 Å². The highest BCUT2D eigenvalue weighted by molar-refractivity contribution is 8.14. The number of rotatable bonds is 4. The van der Waals surface area contributed by atoms with Gasteiger partial charge in [0.15, 0.2) is 0 Å². The predicted octanol–water partition coefficient (Wildman–Crippen LogP) is 2.85. The lowest BCUT2D eigenvalue weighted by Gasteiger charge is -2.23. The van der Waals surface area contributed by atoms with Crippen LogP contribution in [0.25, 0.3) is 5.57 Å². The second-order valence-corrected chi connectivity index (χ2v) is 6.41. The topological polar surface area (TPSA) is 57.6 Å². The molecule has 0 bridgehead atoms. The Morgan fingerprint density at radius 1 is 1.48 bits per heavy atom. The molecule has 21 heavy (non-hydrogen) atoms. The zero-order valence-corrected chi connectivity index (χ0v) is 13.1. The smallest absolute Gasteiger partial charge is 0.326 e. The van der Waals surface area contributed by atoms with Crippen LogP contribution in [-0.2, 0) is 9.59 Å². The Balaban J connectivity index is 2.45. The number of hydrogen-bond acceptors (Lipinski definition) is 4. The number of amides is 1. The van der Waals surface area contributed by atoms with E-state index in [0.29, 0.717) is 10.5 Å². The van der Waals surface area contributed by atoms with Crippen LogP contribution in [0.4, 0.5) is 0 Å². The molecule has 6 heteroatoms. The number of nitrogens with zero attached hydrogens (tertiary/aromatic N) is 1. The Kier molecular flexibility index (Phi) is 4.80. The molecule has 1 saturated heterocycles. The van der Waals surface area contributed by atoms with E-state index in [0.717, 1.165) is 5.56 Å². The molecular weight excluding hydrogens is 306 g/mol. The minimum Gasteiger partial charge on any atom is -0.480 e. The van der Waals surface area contributed by atoms with Gasteiger partial charge in [0.05, 0.1) is 4.91 Å². The van der Waals surface area contributed by atoms with Crippen molar-refractivity contribution in [1.29, 1.82) is 0 Å². The maximum atomic E-state index is 12.5. The molecule has 1 aliphatic heterocycles. The van der Waals surface area contributed by atoms with Crippen LogP contribution in [0.2, 0.25) is 0 Å². The monoisotopic (exact) mass is 321 g/mol. The molecule has 1 aliphatic rings. The first-order chi connectivity index (χ1) is 9.97. The van der Waals surface area contributed by atoms with E-state index in [-0.39, 0.29) is 5.91 Å². The summed E-state index contributed by atoms with van der Waals surface area (Å²) in [6.07, 6.45) is 1.62. The molecule has 110 valence electrons. The summed E-state index contributed by atoms with van der Waals surface area (Å²) < 4.78 is -0.516. The SMILES string of the molecule is C=C/C(=C1/SC(S)N(C(C)C(=O)O)C1=O)c1ccccc1. The number of carbonyl (C=O) groups excluding carboxylic acids is 1. The fourth-order valence-corrected chi connectivity index (χ4v) is 3.81. The van der Waals surface area contributed by atoms with Crippen LogP contribution in [0.3, 0.4) is 0 Å². The number of thiol groups is 1. The fourth-order valence-electron chi connectivity index (χ4n) is 2.05. The fraction of sp³-hybridized carbons (Fsp3) is 0.200.